The molecule has 0 saturated carbocycles. The lowest BCUT2D eigenvalue weighted by Gasteiger charge is -2.27. The number of aryl methyl sites for hydroxylation is 1. The first-order chi connectivity index (χ1) is 11.1. The minimum absolute atomic E-state index is 0.101. The third kappa shape index (κ3) is 5.49. The van der Waals surface area contributed by atoms with Crippen molar-refractivity contribution in [3.8, 4) is 5.75 Å². The summed E-state index contributed by atoms with van der Waals surface area (Å²) in [5.41, 5.74) is 5.48. The second kappa shape index (κ2) is 8.48. The van der Waals surface area contributed by atoms with Crippen molar-refractivity contribution in [2.45, 2.75) is 52.6 Å². The number of aromatic hydroxyl groups is 1. The summed E-state index contributed by atoms with van der Waals surface area (Å²) in [4.78, 5) is 25.7. The van der Waals surface area contributed by atoms with E-state index in [-0.39, 0.29) is 17.9 Å². The Morgan fingerprint density at radius 1 is 1.33 bits per heavy atom. The molecule has 0 saturated heterocycles. The van der Waals surface area contributed by atoms with Crippen LogP contribution in [0.4, 0.5) is 10.5 Å². The molecule has 0 atom stereocenters. The number of carbonyl (C=O) groups excluding carboxylic acids is 2. The zero-order valence-corrected chi connectivity index (χ0v) is 16.1. The topological polar surface area (TPSA) is 92.9 Å². The molecular formula is C17H25BrN2O4. The second-order valence-corrected chi connectivity index (χ2v) is 7.30. The van der Waals surface area contributed by atoms with Gasteiger partial charge in [0.25, 0.3) is 0 Å². The summed E-state index contributed by atoms with van der Waals surface area (Å²) in [5, 5.41) is 10.5. The van der Waals surface area contributed by atoms with Crippen molar-refractivity contribution >= 4 is 33.6 Å². The summed E-state index contributed by atoms with van der Waals surface area (Å²) < 4.78 is 5.97. The van der Waals surface area contributed by atoms with E-state index in [0.29, 0.717) is 29.4 Å². The highest BCUT2D eigenvalue weighted by atomic mass is 79.9. The molecule has 6 nitrogen and oxygen atoms in total. The Morgan fingerprint density at radius 2 is 1.96 bits per heavy atom. The first kappa shape index (κ1) is 20.4. The smallest absolute Gasteiger partial charge is 0.421 e. The number of phenols is 1. The van der Waals surface area contributed by atoms with Gasteiger partial charge in [0, 0.05) is 10.9 Å². The average Bonchev–Trinajstić information content (AvgIpc) is 2.46. The van der Waals surface area contributed by atoms with Crippen LogP contribution in [0.25, 0.3) is 0 Å². The van der Waals surface area contributed by atoms with Crippen molar-refractivity contribution in [3.63, 3.8) is 0 Å². The number of hydrogen-bond acceptors (Lipinski definition) is 5. The summed E-state index contributed by atoms with van der Waals surface area (Å²) in [6.45, 7) is 7.27. The SMILES string of the molecule is CCC(=O)N(C(=O)OC(C)(C)C)c1cc(Br)cc(CCCN)c1O. The number of hydrogen-bond donors (Lipinski definition) is 2. The Kier molecular flexibility index (Phi) is 7.23. The molecule has 0 spiro atoms. The van der Waals surface area contributed by atoms with Gasteiger partial charge in [0.2, 0.25) is 5.91 Å². The molecule has 0 aliphatic rings. The summed E-state index contributed by atoms with van der Waals surface area (Å²) in [5.74, 6) is -0.568. The van der Waals surface area contributed by atoms with Gasteiger partial charge in [-0.05, 0) is 57.9 Å². The molecule has 0 heterocycles. The lowest BCUT2D eigenvalue weighted by molar-refractivity contribution is -0.118. The van der Waals surface area contributed by atoms with Crippen LogP contribution in [-0.4, -0.2) is 29.3 Å². The van der Waals surface area contributed by atoms with Crippen molar-refractivity contribution in [2.24, 2.45) is 5.73 Å². The Hall–Kier alpha value is -1.60. The predicted molar refractivity (Wildman–Crippen MR) is 97.2 cm³/mol. The van der Waals surface area contributed by atoms with Crippen LogP contribution < -0.4 is 10.6 Å². The highest BCUT2D eigenvalue weighted by molar-refractivity contribution is 9.10. The number of anilines is 1. The quantitative estimate of drug-likeness (QED) is 0.785. The Bertz CT molecular complexity index is 611. The lowest BCUT2D eigenvalue weighted by atomic mass is 10.1. The minimum Gasteiger partial charge on any atom is -0.505 e. The van der Waals surface area contributed by atoms with Crippen LogP contribution in [0.15, 0.2) is 16.6 Å². The van der Waals surface area contributed by atoms with Gasteiger partial charge in [0.05, 0.1) is 5.69 Å². The number of nitrogens with two attached hydrogens (primary N) is 1. The van der Waals surface area contributed by atoms with E-state index in [1.807, 2.05) is 0 Å². The predicted octanol–water partition coefficient (Wildman–Crippen LogP) is 3.72. The number of halogens is 1. The number of amides is 2. The van der Waals surface area contributed by atoms with E-state index < -0.39 is 17.6 Å². The van der Waals surface area contributed by atoms with Gasteiger partial charge in [0.1, 0.15) is 11.4 Å². The van der Waals surface area contributed by atoms with Crippen LogP contribution in [0.3, 0.4) is 0 Å². The van der Waals surface area contributed by atoms with Crippen LogP contribution in [-0.2, 0) is 16.0 Å². The third-order valence-corrected chi connectivity index (χ3v) is 3.61. The fourth-order valence-corrected chi connectivity index (χ4v) is 2.59. The number of ether oxygens (including phenoxy) is 1. The van der Waals surface area contributed by atoms with Crippen molar-refractivity contribution in [1.82, 2.24) is 0 Å². The van der Waals surface area contributed by atoms with E-state index in [1.54, 1.807) is 33.8 Å². The van der Waals surface area contributed by atoms with E-state index in [0.717, 1.165) is 4.90 Å². The number of carbonyl (C=O) groups is 2. The van der Waals surface area contributed by atoms with E-state index in [4.69, 9.17) is 10.5 Å². The molecule has 0 radical (unpaired) electrons. The molecule has 134 valence electrons. The Labute approximate surface area is 151 Å². The van der Waals surface area contributed by atoms with Gasteiger partial charge in [0.15, 0.2) is 0 Å². The third-order valence-electron chi connectivity index (χ3n) is 3.15. The van der Waals surface area contributed by atoms with Crippen molar-refractivity contribution in [1.29, 1.82) is 0 Å². The maximum atomic E-state index is 12.5. The second-order valence-electron chi connectivity index (χ2n) is 6.39. The summed E-state index contributed by atoms with van der Waals surface area (Å²) >= 11 is 3.36. The largest absolute Gasteiger partial charge is 0.505 e. The molecule has 3 N–H and O–H groups in total. The monoisotopic (exact) mass is 400 g/mol. The normalized spacial score (nSPS) is 11.2. The summed E-state index contributed by atoms with van der Waals surface area (Å²) in [7, 11) is 0. The van der Waals surface area contributed by atoms with Crippen LogP contribution in [0, 0.1) is 0 Å². The molecule has 24 heavy (non-hydrogen) atoms. The van der Waals surface area contributed by atoms with Gasteiger partial charge in [-0.25, -0.2) is 9.69 Å². The molecular weight excluding hydrogens is 376 g/mol. The molecule has 0 aliphatic heterocycles. The van der Waals surface area contributed by atoms with Crippen LogP contribution >= 0.6 is 15.9 Å². The number of nitrogens with zero attached hydrogens (tertiary/aromatic N) is 1. The fourth-order valence-electron chi connectivity index (χ4n) is 2.09. The average molecular weight is 401 g/mol. The van der Waals surface area contributed by atoms with E-state index in [9.17, 15) is 14.7 Å². The Balaban J connectivity index is 3.35. The van der Waals surface area contributed by atoms with Gasteiger partial charge >= 0.3 is 6.09 Å². The minimum atomic E-state index is -0.812. The van der Waals surface area contributed by atoms with Crippen LogP contribution in [0.5, 0.6) is 5.75 Å². The molecule has 0 aliphatic carbocycles. The molecule has 1 aromatic carbocycles. The zero-order chi connectivity index (χ0) is 18.5. The van der Waals surface area contributed by atoms with Crippen LogP contribution in [0.1, 0.15) is 46.1 Å². The van der Waals surface area contributed by atoms with Crippen molar-refractivity contribution in [3.05, 3.63) is 22.2 Å². The molecule has 0 unspecified atom stereocenters. The van der Waals surface area contributed by atoms with Gasteiger partial charge in [-0.3, -0.25) is 4.79 Å². The van der Waals surface area contributed by atoms with Gasteiger partial charge in [-0.15, -0.1) is 0 Å². The lowest BCUT2D eigenvalue weighted by Crippen LogP contribution is -2.40. The number of imide groups is 1. The highest BCUT2D eigenvalue weighted by Gasteiger charge is 2.30. The highest BCUT2D eigenvalue weighted by Crippen LogP contribution is 2.36. The first-order valence-corrected chi connectivity index (χ1v) is 8.67. The molecule has 1 rings (SSSR count). The van der Waals surface area contributed by atoms with Gasteiger partial charge < -0.3 is 15.6 Å². The molecule has 7 heteroatoms. The number of rotatable bonds is 5. The molecule has 2 amide bonds. The van der Waals surface area contributed by atoms with Crippen molar-refractivity contribution in [2.75, 3.05) is 11.4 Å². The standard InChI is InChI=1S/C17H25BrN2O4/c1-5-14(21)20(16(23)24-17(2,3)4)13-10-12(18)9-11(15(13)22)7-6-8-19/h9-10,22H,5-8,19H2,1-4H3. The maximum absolute atomic E-state index is 12.5. The maximum Gasteiger partial charge on any atom is 0.421 e. The van der Waals surface area contributed by atoms with E-state index in [1.165, 1.54) is 6.07 Å². The van der Waals surface area contributed by atoms with E-state index in [2.05, 4.69) is 15.9 Å². The van der Waals surface area contributed by atoms with Gasteiger partial charge in [-0.2, -0.15) is 0 Å². The zero-order valence-electron chi connectivity index (χ0n) is 14.6. The first-order valence-electron chi connectivity index (χ1n) is 7.88. The number of phenolic OH excluding ortho intramolecular Hbond substituents is 1. The van der Waals surface area contributed by atoms with Crippen LogP contribution in [0.2, 0.25) is 0 Å². The summed E-state index contributed by atoms with van der Waals surface area (Å²) in [6.07, 6.45) is 0.505. The van der Waals surface area contributed by atoms with Crippen molar-refractivity contribution < 1.29 is 19.4 Å². The van der Waals surface area contributed by atoms with Gasteiger partial charge in [-0.1, -0.05) is 22.9 Å². The molecule has 0 fully saturated rings. The molecule has 0 bridgehead atoms. The summed E-state index contributed by atoms with van der Waals surface area (Å²) in [6, 6.07) is 3.27. The Morgan fingerprint density at radius 3 is 2.46 bits per heavy atom. The molecule has 0 aromatic heterocycles. The number of benzene rings is 1. The fraction of sp³-hybridized carbons (Fsp3) is 0.529. The molecule has 1 aromatic rings. The van der Waals surface area contributed by atoms with E-state index >= 15 is 0 Å².